The quantitative estimate of drug-likeness (QED) is 0.206. The van der Waals surface area contributed by atoms with Crippen LogP contribution in [0.5, 0.6) is 11.5 Å². The Hall–Kier alpha value is -5.62. The molecule has 0 aliphatic rings. The Morgan fingerprint density at radius 1 is 0.476 bits per heavy atom. The second kappa shape index (κ2) is 10.7. The second-order valence-electron chi connectivity index (χ2n) is 9.92. The third-order valence-electron chi connectivity index (χ3n) is 7.58. The van der Waals surface area contributed by atoms with Gasteiger partial charge in [0, 0.05) is 11.1 Å². The van der Waals surface area contributed by atoms with E-state index in [1.807, 2.05) is 60.7 Å². The standard InChI is InChI=1S/C36H26O6/c1-41-31-17-13-27-19-25(21-3-7-23(8-4-21)35(37)38)11-15-29(27)33(31)34-30-16-12-26(20-28(30)14-18-32(34)42-2)22-5-9-24(10-6-22)36(39)40/h3-20H,1-2H3,(H,37,38)(H,39,40). The molecule has 0 amide bonds. The number of rotatable bonds is 7. The van der Waals surface area contributed by atoms with Crippen LogP contribution in [0.3, 0.4) is 0 Å². The van der Waals surface area contributed by atoms with E-state index < -0.39 is 11.9 Å². The molecular weight excluding hydrogens is 528 g/mol. The van der Waals surface area contributed by atoms with Crippen LogP contribution in [0, 0.1) is 0 Å². The molecule has 42 heavy (non-hydrogen) atoms. The largest absolute Gasteiger partial charge is 0.496 e. The Bertz CT molecular complexity index is 1840. The summed E-state index contributed by atoms with van der Waals surface area (Å²) in [6.07, 6.45) is 0. The summed E-state index contributed by atoms with van der Waals surface area (Å²) in [4.78, 5) is 22.6. The average Bonchev–Trinajstić information content (AvgIpc) is 3.03. The molecule has 2 N–H and O–H groups in total. The molecule has 6 nitrogen and oxygen atoms in total. The fourth-order valence-corrected chi connectivity index (χ4v) is 5.45. The van der Waals surface area contributed by atoms with E-state index in [-0.39, 0.29) is 11.1 Å². The smallest absolute Gasteiger partial charge is 0.335 e. The van der Waals surface area contributed by atoms with Gasteiger partial charge in [-0.25, -0.2) is 9.59 Å². The molecule has 0 bridgehead atoms. The molecule has 6 aromatic carbocycles. The molecule has 0 aliphatic heterocycles. The van der Waals surface area contributed by atoms with Crippen LogP contribution in [0.2, 0.25) is 0 Å². The molecule has 0 heterocycles. The van der Waals surface area contributed by atoms with E-state index in [0.29, 0.717) is 11.5 Å². The first-order valence-electron chi connectivity index (χ1n) is 13.3. The van der Waals surface area contributed by atoms with E-state index in [0.717, 1.165) is 54.9 Å². The molecule has 0 aromatic heterocycles. The summed E-state index contributed by atoms with van der Waals surface area (Å²) in [5, 5.41) is 22.5. The van der Waals surface area contributed by atoms with Crippen LogP contribution >= 0.6 is 0 Å². The Balaban J connectivity index is 1.51. The summed E-state index contributed by atoms with van der Waals surface area (Å²) in [5.74, 6) is -0.492. The van der Waals surface area contributed by atoms with Crippen LogP contribution in [-0.2, 0) is 0 Å². The molecule has 6 heteroatoms. The fourth-order valence-electron chi connectivity index (χ4n) is 5.45. The monoisotopic (exact) mass is 554 g/mol. The van der Waals surface area contributed by atoms with Crippen molar-refractivity contribution >= 4 is 33.5 Å². The zero-order valence-corrected chi connectivity index (χ0v) is 22.9. The molecule has 6 rings (SSSR count). The molecule has 0 radical (unpaired) electrons. The SMILES string of the molecule is COc1ccc2cc(-c3ccc(C(=O)O)cc3)ccc2c1-c1c(OC)ccc2cc(-c3ccc(C(=O)O)cc3)ccc12. The first-order chi connectivity index (χ1) is 20.4. The maximum absolute atomic E-state index is 11.3. The Morgan fingerprint density at radius 3 is 1.17 bits per heavy atom. The Morgan fingerprint density at radius 2 is 0.833 bits per heavy atom. The molecule has 206 valence electrons. The topological polar surface area (TPSA) is 93.1 Å². The zero-order chi connectivity index (χ0) is 29.4. The van der Waals surface area contributed by atoms with Gasteiger partial charge in [0.05, 0.1) is 25.3 Å². The lowest BCUT2D eigenvalue weighted by molar-refractivity contribution is 0.0686. The van der Waals surface area contributed by atoms with E-state index in [1.54, 1.807) is 38.5 Å². The average molecular weight is 555 g/mol. The van der Waals surface area contributed by atoms with Gasteiger partial charge >= 0.3 is 11.9 Å². The van der Waals surface area contributed by atoms with Crippen molar-refractivity contribution in [1.82, 2.24) is 0 Å². The van der Waals surface area contributed by atoms with Gasteiger partial charge in [0.2, 0.25) is 0 Å². The summed E-state index contributed by atoms with van der Waals surface area (Å²) >= 11 is 0. The minimum absolute atomic E-state index is 0.245. The highest BCUT2D eigenvalue weighted by atomic mass is 16.5. The van der Waals surface area contributed by atoms with Crippen molar-refractivity contribution in [3.63, 3.8) is 0 Å². The number of fused-ring (bicyclic) bond motifs is 2. The molecule has 0 saturated heterocycles. The summed E-state index contributed by atoms with van der Waals surface area (Å²) in [5.41, 5.74) is 6.09. The van der Waals surface area contributed by atoms with Gasteiger partial charge in [-0.05, 0) is 92.3 Å². The fraction of sp³-hybridized carbons (Fsp3) is 0.0556. The van der Waals surface area contributed by atoms with Gasteiger partial charge in [-0.1, -0.05) is 60.7 Å². The first kappa shape index (κ1) is 26.6. The molecule has 0 saturated carbocycles. The highest BCUT2D eigenvalue weighted by Gasteiger charge is 2.19. The molecule has 6 aromatic rings. The van der Waals surface area contributed by atoms with Crippen LogP contribution in [0.1, 0.15) is 20.7 Å². The van der Waals surface area contributed by atoms with Crippen molar-refractivity contribution in [1.29, 1.82) is 0 Å². The van der Waals surface area contributed by atoms with Crippen molar-refractivity contribution in [3.05, 3.63) is 120 Å². The Labute approximate surface area is 242 Å². The van der Waals surface area contributed by atoms with Gasteiger partial charge in [-0.15, -0.1) is 0 Å². The number of carboxylic acids is 2. The van der Waals surface area contributed by atoms with Crippen LogP contribution in [0.25, 0.3) is 54.9 Å². The Kier molecular flexibility index (Phi) is 6.80. The number of hydrogen-bond donors (Lipinski definition) is 2. The highest BCUT2D eigenvalue weighted by Crippen LogP contribution is 2.46. The van der Waals surface area contributed by atoms with E-state index in [4.69, 9.17) is 9.47 Å². The molecule has 0 spiro atoms. The van der Waals surface area contributed by atoms with Crippen LogP contribution in [0.4, 0.5) is 0 Å². The molecular formula is C36H26O6. The van der Waals surface area contributed by atoms with Crippen molar-refractivity contribution in [3.8, 4) is 44.9 Å². The minimum atomic E-state index is -0.955. The lowest BCUT2D eigenvalue weighted by atomic mass is 9.90. The number of carbonyl (C=O) groups is 2. The predicted octanol–water partition coefficient (Wildman–Crippen LogP) is 8.41. The van der Waals surface area contributed by atoms with E-state index in [2.05, 4.69) is 24.3 Å². The molecule has 0 fully saturated rings. The van der Waals surface area contributed by atoms with Crippen molar-refractivity contribution in [2.24, 2.45) is 0 Å². The molecule has 0 unspecified atom stereocenters. The normalized spacial score (nSPS) is 11.0. The maximum Gasteiger partial charge on any atom is 0.335 e. The number of carboxylic acid groups (broad SMARTS) is 2. The predicted molar refractivity (Wildman–Crippen MR) is 165 cm³/mol. The minimum Gasteiger partial charge on any atom is -0.496 e. The molecule has 0 atom stereocenters. The number of benzene rings is 6. The van der Waals surface area contributed by atoms with Crippen molar-refractivity contribution in [2.45, 2.75) is 0 Å². The first-order valence-corrected chi connectivity index (χ1v) is 13.3. The van der Waals surface area contributed by atoms with E-state index >= 15 is 0 Å². The van der Waals surface area contributed by atoms with Crippen molar-refractivity contribution in [2.75, 3.05) is 14.2 Å². The zero-order valence-electron chi connectivity index (χ0n) is 22.9. The summed E-state index contributed by atoms with van der Waals surface area (Å²) in [6, 6.07) is 34.0. The van der Waals surface area contributed by atoms with Gasteiger partial charge in [0.25, 0.3) is 0 Å². The van der Waals surface area contributed by atoms with Crippen LogP contribution < -0.4 is 9.47 Å². The number of aromatic carboxylic acids is 2. The lowest BCUT2D eigenvalue weighted by Gasteiger charge is -2.18. The third kappa shape index (κ3) is 4.69. The van der Waals surface area contributed by atoms with E-state index in [1.165, 1.54) is 0 Å². The number of methoxy groups -OCH3 is 2. The van der Waals surface area contributed by atoms with Gasteiger partial charge in [-0.2, -0.15) is 0 Å². The van der Waals surface area contributed by atoms with Crippen LogP contribution in [-0.4, -0.2) is 36.4 Å². The van der Waals surface area contributed by atoms with Crippen molar-refractivity contribution < 1.29 is 29.3 Å². The van der Waals surface area contributed by atoms with Crippen LogP contribution in [0.15, 0.2) is 109 Å². The highest BCUT2D eigenvalue weighted by molar-refractivity contribution is 6.11. The maximum atomic E-state index is 11.3. The summed E-state index contributed by atoms with van der Waals surface area (Å²) in [7, 11) is 3.30. The van der Waals surface area contributed by atoms with E-state index in [9.17, 15) is 19.8 Å². The third-order valence-corrected chi connectivity index (χ3v) is 7.58. The number of ether oxygens (including phenoxy) is 2. The summed E-state index contributed by atoms with van der Waals surface area (Å²) < 4.78 is 11.7. The number of hydrogen-bond acceptors (Lipinski definition) is 4. The second-order valence-corrected chi connectivity index (χ2v) is 9.92. The van der Waals surface area contributed by atoms with Gasteiger partial charge < -0.3 is 19.7 Å². The molecule has 0 aliphatic carbocycles. The van der Waals surface area contributed by atoms with Gasteiger partial charge in [0.1, 0.15) is 11.5 Å². The van der Waals surface area contributed by atoms with Gasteiger partial charge in [0.15, 0.2) is 0 Å². The summed E-state index contributed by atoms with van der Waals surface area (Å²) in [6.45, 7) is 0. The van der Waals surface area contributed by atoms with Gasteiger partial charge in [-0.3, -0.25) is 0 Å². The lowest BCUT2D eigenvalue weighted by Crippen LogP contribution is -1.96.